The van der Waals surface area contributed by atoms with Gasteiger partial charge in [0.05, 0.1) is 18.6 Å². The summed E-state index contributed by atoms with van der Waals surface area (Å²) in [5, 5.41) is 16.6. The van der Waals surface area contributed by atoms with Gasteiger partial charge >= 0.3 is 5.97 Å². The van der Waals surface area contributed by atoms with Crippen molar-refractivity contribution in [2.24, 2.45) is 0 Å². The summed E-state index contributed by atoms with van der Waals surface area (Å²) in [5.74, 6) is -0.516. The highest BCUT2D eigenvalue weighted by molar-refractivity contribution is 7.14. The topological polar surface area (TPSA) is 140 Å². The number of rotatable bonds is 18. The highest BCUT2D eigenvalue weighted by Crippen LogP contribution is 2.30. The fourth-order valence-electron chi connectivity index (χ4n) is 6.08. The quantitative estimate of drug-likeness (QED) is 0.0598. The Labute approximate surface area is 333 Å². The molecule has 0 aliphatic heterocycles. The van der Waals surface area contributed by atoms with Crippen LogP contribution in [0.25, 0.3) is 22.5 Å². The lowest BCUT2D eigenvalue weighted by atomic mass is 9.95. The van der Waals surface area contributed by atoms with Crippen molar-refractivity contribution in [3.05, 3.63) is 124 Å². The summed E-state index contributed by atoms with van der Waals surface area (Å²) in [6, 6.07) is 25.0. The molecule has 0 bridgehead atoms. The van der Waals surface area contributed by atoms with Crippen LogP contribution in [0.15, 0.2) is 103 Å². The lowest BCUT2D eigenvalue weighted by Gasteiger charge is -2.25. The number of hydrogen-bond donors (Lipinski definition) is 3. The minimum atomic E-state index is -1.41. The third kappa shape index (κ3) is 11.6. The standard InChI is InChI=1S/C45H52N4O6S/c1-6-7-8-9-13-26-55-35-22-20-31(21-23-35)34-28-46-41(47-29-34)33-18-16-30(17-19-33)27-36(48-43(52)37-24-25-38(56-37)45(2,3)4)42(51)49-39(44(53)54-5)40(50)32-14-11-10-12-15-32/h10-12,14-25,28-29,36,39-40,50H,6-9,13,26-27H2,1-5H3,(H,48,52)(H,49,51)/t36-,39?,40?/m0/s1. The number of methoxy groups -OCH3 is 1. The van der Waals surface area contributed by atoms with E-state index >= 15 is 0 Å². The molecule has 10 nitrogen and oxygen atoms in total. The smallest absolute Gasteiger partial charge is 0.331 e. The van der Waals surface area contributed by atoms with Gasteiger partial charge in [-0.25, -0.2) is 14.8 Å². The second-order valence-electron chi connectivity index (χ2n) is 14.8. The SMILES string of the molecule is CCCCCCCOc1ccc(-c2cnc(-c3ccc(C[C@H](NC(=O)c4ccc(C(C)(C)C)s4)C(=O)NC(C(=O)OC)C(O)c4ccccc4)cc3)nc2)cc1. The van der Waals surface area contributed by atoms with Gasteiger partial charge in [0.1, 0.15) is 17.9 Å². The molecule has 0 radical (unpaired) electrons. The maximum absolute atomic E-state index is 13.9. The van der Waals surface area contributed by atoms with Crippen molar-refractivity contribution >= 4 is 29.1 Å². The molecular formula is C45H52N4O6S. The van der Waals surface area contributed by atoms with E-state index in [-0.39, 0.29) is 11.8 Å². The number of thiophene rings is 1. The molecule has 5 aromatic rings. The number of aliphatic hydroxyl groups is 1. The van der Waals surface area contributed by atoms with E-state index in [0.29, 0.717) is 22.9 Å². The molecule has 5 rings (SSSR count). The van der Waals surface area contributed by atoms with Crippen molar-refractivity contribution in [3.8, 4) is 28.3 Å². The Morgan fingerprint density at radius 3 is 2.07 bits per heavy atom. The Morgan fingerprint density at radius 1 is 0.786 bits per heavy atom. The summed E-state index contributed by atoms with van der Waals surface area (Å²) < 4.78 is 10.8. The van der Waals surface area contributed by atoms with Crippen LogP contribution in [0, 0.1) is 0 Å². The largest absolute Gasteiger partial charge is 0.494 e. The first-order valence-electron chi connectivity index (χ1n) is 19.1. The van der Waals surface area contributed by atoms with E-state index in [1.54, 1.807) is 48.8 Å². The van der Waals surface area contributed by atoms with Crippen molar-refractivity contribution < 1.29 is 29.0 Å². The van der Waals surface area contributed by atoms with Gasteiger partial charge in [-0.3, -0.25) is 9.59 Å². The van der Waals surface area contributed by atoms with Crippen LogP contribution in [0.2, 0.25) is 0 Å². The molecule has 0 saturated heterocycles. The van der Waals surface area contributed by atoms with E-state index < -0.39 is 36.0 Å². The van der Waals surface area contributed by atoms with Crippen molar-refractivity contribution in [2.45, 2.75) is 89.8 Å². The highest BCUT2D eigenvalue weighted by atomic mass is 32.1. The summed E-state index contributed by atoms with van der Waals surface area (Å²) in [5.41, 5.74) is 3.66. The maximum Gasteiger partial charge on any atom is 0.331 e. The number of carbonyl (C=O) groups is 3. The van der Waals surface area contributed by atoms with Crippen LogP contribution in [0.5, 0.6) is 5.75 Å². The molecule has 0 spiro atoms. The second kappa shape index (κ2) is 20.0. The predicted octanol–water partition coefficient (Wildman–Crippen LogP) is 8.25. The monoisotopic (exact) mass is 776 g/mol. The molecule has 3 N–H and O–H groups in total. The van der Waals surface area contributed by atoms with E-state index in [0.717, 1.165) is 39.3 Å². The molecule has 294 valence electrons. The average Bonchev–Trinajstić information content (AvgIpc) is 3.73. The van der Waals surface area contributed by atoms with Crippen LogP contribution in [0.4, 0.5) is 0 Å². The van der Waals surface area contributed by atoms with Gasteiger partial charge in [0.2, 0.25) is 5.91 Å². The third-order valence-corrected chi connectivity index (χ3v) is 10.9. The molecule has 0 aliphatic carbocycles. The van der Waals surface area contributed by atoms with Gasteiger partial charge in [-0.1, -0.05) is 120 Å². The first kappa shape index (κ1) is 41.8. The van der Waals surface area contributed by atoms with Crippen molar-refractivity contribution in [1.29, 1.82) is 0 Å². The number of carbonyl (C=O) groups excluding carboxylic acids is 3. The summed E-state index contributed by atoms with van der Waals surface area (Å²) >= 11 is 1.36. The van der Waals surface area contributed by atoms with Crippen LogP contribution in [0.3, 0.4) is 0 Å². The Morgan fingerprint density at radius 2 is 1.45 bits per heavy atom. The zero-order valence-electron chi connectivity index (χ0n) is 32.8. The first-order chi connectivity index (χ1) is 27.0. The van der Waals surface area contributed by atoms with Crippen molar-refractivity contribution in [3.63, 3.8) is 0 Å². The van der Waals surface area contributed by atoms with Crippen LogP contribution < -0.4 is 15.4 Å². The van der Waals surface area contributed by atoms with Crippen LogP contribution in [-0.4, -0.2) is 58.7 Å². The fraction of sp³-hybridized carbons (Fsp3) is 0.356. The molecule has 2 aromatic heterocycles. The van der Waals surface area contributed by atoms with Crippen LogP contribution >= 0.6 is 11.3 Å². The number of hydrogen-bond acceptors (Lipinski definition) is 9. The molecule has 3 aromatic carbocycles. The summed E-state index contributed by atoms with van der Waals surface area (Å²) in [7, 11) is 1.19. The van der Waals surface area contributed by atoms with Crippen molar-refractivity contribution in [1.82, 2.24) is 20.6 Å². The minimum absolute atomic E-state index is 0.100. The van der Waals surface area contributed by atoms with Gasteiger partial charge in [-0.05, 0) is 52.8 Å². The average molecular weight is 777 g/mol. The number of ether oxygens (including phenoxy) is 2. The molecule has 2 unspecified atom stereocenters. The number of esters is 1. The molecule has 3 atom stereocenters. The first-order valence-corrected chi connectivity index (χ1v) is 20.0. The molecule has 0 fully saturated rings. The fourth-order valence-corrected chi connectivity index (χ4v) is 7.05. The van der Waals surface area contributed by atoms with Gasteiger partial charge < -0.3 is 25.2 Å². The lowest BCUT2D eigenvalue weighted by Crippen LogP contribution is -2.54. The zero-order valence-corrected chi connectivity index (χ0v) is 33.6. The number of unbranched alkanes of at least 4 members (excludes halogenated alkanes) is 4. The Kier molecular flexibility index (Phi) is 14.9. The molecule has 2 amide bonds. The van der Waals surface area contributed by atoms with E-state index in [9.17, 15) is 19.5 Å². The van der Waals surface area contributed by atoms with E-state index in [1.165, 1.54) is 44.1 Å². The number of aromatic nitrogens is 2. The molecule has 56 heavy (non-hydrogen) atoms. The Hall–Kier alpha value is -5.39. The summed E-state index contributed by atoms with van der Waals surface area (Å²) in [6.07, 6.45) is 8.26. The Balaban J connectivity index is 1.29. The van der Waals surface area contributed by atoms with Gasteiger partial charge in [0.25, 0.3) is 5.91 Å². The molecule has 0 saturated carbocycles. The summed E-state index contributed by atoms with van der Waals surface area (Å²) in [6.45, 7) is 9.12. The van der Waals surface area contributed by atoms with Crippen LogP contribution in [-0.2, 0) is 26.2 Å². The minimum Gasteiger partial charge on any atom is -0.494 e. The number of nitrogens with one attached hydrogen (secondary N) is 2. The molecule has 11 heteroatoms. The lowest BCUT2D eigenvalue weighted by molar-refractivity contribution is -0.148. The van der Waals surface area contributed by atoms with E-state index in [4.69, 9.17) is 9.47 Å². The van der Waals surface area contributed by atoms with Crippen molar-refractivity contribution in [2.75, 3.05) is 13.7 Å². The van der Waals surface area contributed by atoms with Gasteiger partial charge in [0.15, 0.2) is 11.9 Å². The maximum atomic E-state index is 13.9. The van der Waals surface area contributed by atoms with E-state index in [1.807, 2.05) is 54.6 Å². The third-order valence-electron chi connectivity index (χ3n) is 9.41. The van der Waals surface area contributed by atoms with Crippen LogP contribution in [0.1, 0.15) is 91.6 Å². The molecule has 2 heterocycles. The normalized spacial score (nSPS) is 13.0. The molecule has 0 aliphatic rings. The van der Waals surface area contributed by atoms with E-state index in [2.05, 4.69) is 48.3 Å². The second-order valence-corrected chi connectivity index (χ2v) is 15.9. The number of amides is 2. The number of nitrogens with zero attached hydrogens (tertiary/aromatic N) is 2. The molecular weight excluding hydrogens is 725 g/mol. The summed E-state index contributed by atoms with van der Waals surface area (Å²) in [4.78, 5) is 51.0. The Bertz CT molecular complexity index is 2010. The van der Waals surface area contributed by atoms with Gasteiger partial charge in [-0.2, -0.15) is 0 Å². The highest BCUT2D eigenvalue weighted by Gasteiger charge is 2.34. The predicted molar refractivity (Wildman–Crippen MR) is 220 cm³/mol. The number of benzene rings is 3. The zero-order chi connectivity index (χ0) is 40.1. The number of aliphatic hydroxyl groups excluding tert-OH is 1. The van der Waals surface area contributed by atoms with Gasteiger partial charge in [0, 0.05) is 34.8 Å². The van der Waals surface area contributed by atoms with Gasteiger partial charge in [-0.15, -0.1) is 11.3 Å².